The van der Waals surface area contributed by atoms with Crippen LogP contribution in [-0.4, -0.2) is 16.5 Å². The zero-order chi connectivity index (χ0) is 11.2. The van der Waals surface area contributed by atoms with Crippen molar-refractivity contribution in [1.29, 1.82) is 0 Å². The van der Waals surface area contributed by atoms with E-state index in [1.807, 2.05) is 0 Å². The van der Waals surface area contributed by atoms with E-state index < -0.39 is 0 Å². The maximum atomic E-state index is 5.50. The molecule has 1 aromatic carbocycles. The van der Waals surface area contributed by atoms with Crippen LogP contribution in [0.25, 0.3) is 0 Å². The molecule has 0 aliphatic heterocycles. The van der Waals surface area contributed by atoms with E-state index in [1.165, 1.54) is 10.5 Å². The van der Waals surface area contributed by atoms with Crippen molar-refractivity contribution in [2.24, 2.45) is 5.73 Å². The van der Waals surface area contributed by atoms with E-state index in [-0.39, 0.29) is 0 Å². The van der Waals surface area contributed by atoms with E-state index in [0.717, 1.165) is 11.4 Å². The van der Waals surface area contributed by atoms with Crippen molar-refractivity contribution in [3.63, 3.8) is 0 Å². The lowest BCUT2D eigenvalue weighted by Gasteiger charge is -2.02. The summed E-state index contributed by atoms with van der Waals surface area (Å²) in [7, 11) is 0. The number of benzene rings is 1. The second-order valence-corrected chi connectivity index (χ2v) is 4.42. The van der Waals surface area contributed by atoms with E-state index in [2.05, 4.69) is 34.2 Å². The lowest BCUT2D eigenvalue weighted by atomic mass is 10.2. The molecule has 4 heteroatoms. The fourth-order valence-corrected chi connectivity index (χ4v) is 2.09. The Bertz CT molecular complexity index is 428. The molecule has 1 aromatic heterocycles. The summed E-state index contributed by atoms with van der Waals surface area (Å²) in [5, 5.41) is 0.911. The van der Waals surface area contributed by atoms with Gasteiger partial charge in [-0.3, -0.25) is 4.98 Å². The summed E-state index contributed by atoms with van der Waals surface area (Å²) in [6.07, 6.45) is 6.06. The molecule has 1 heterocycles. The highest BCUT2D eigenvalue weighted by Crippen LogP contribution is 2.25. The van der Waals surface area contributed by atoms with Crippen molar-refractivity contribution in [2.45, 2.75) is 16.3 Å². The van der Waals surface area contributed by atoms with Crippen LogP contribution in [0.3, 0.4) is 0 Å². The fourth-order valence-electron chi connectivity index (χ4n) is 1.35. The Hall–Kier alpha value is -1.39. The van der Waals surface area contributed by atoms with Gasteiger partial charge in [0.05, 0.1) is 6.20 Å². The third kappa shape index (κ3) is 3.05. The maximum Gasteiger partial charge on any atom is 0.119 e. The number of hydrogen-bond donors (Lipinski definition) is 1. The predicted molar refractivity (Wildman–Crippen MR) is 65.4 cm³/mol. The van der Waals surface area contributed by atoms with Crippen LogP contribution >= 0.6 is 11.8 Å². The van der Waals surface area contributed by atoms with Gasteiger partial charge in [-0.1, -0.05) is 23.9 Å². The largest absolute Gasteiger partial charge is 0.330 e. The first kappa shape index (κ1) is 11.1. The van der Waals surface area contributed by atoms with Crippen LogP contribution < -0.4 is 5.73 Å². The number of rotatable bonds is 4. The molecule has 82 valence electrons. The highest BCUT2D eigenvalue weighted by Gasteiger charge is 1.98. The van der Waals surface area contributed by atoms with Crippen LogP contribution in [-0.2, 0) is 6.42 Å². The molecule has 0 fully saturated rings. The Morgan fingerprint density at radius 2 is 1.94 bits per heavy atom. The molecular formula is C12H13N3S. The van der Waals surface area contributed by atoms with Crippen LogP contribution in [0.15, 0.2) is 52.8 Å². The number of aromatic nitrogens is 2. The summed E-state index contributed by atoms with van der Waals surface area (Å²) in [5.41, 5.74) is 6.77. The lowest BCUT2D eigenvalue weighted by molar-refractivity contribution is 0.966. The molecule has 0 saturated carbocycles. The minimum absolute atomic E-state index is 0.691. The van der Waals surface area contributed by atoms with Crippen LogP contribution in [0.2, 0.25) is 0 Å². The second kappa shape index (κ2) is 5.63. The van der Waals surface area contributed by atoms with Crippen LogP contribution in [0.4, 0.5) is 0 Å². The van der Waals surface area contributed by atoms with E-state index in [4.69, 9.17) is 5.73 Å². The van der Waals surface area contributed by atoms with Gasteiger partial charge in [0.2, 0.25) is 0 Å². The quantitative estimate of drug-likeness (QED) is 0.875. The Morgan fingerprint density at radius 3 is 2.56 bits per heavy atom. The SMILES string of the molecule is NCCc1ccc(Sc2cnccn2)cc1. The van der Waals surface area contributed by atoms with Crippen LogP contribution in [0.1, 0.15) is 5.56 Å². The van der Waals surface area contributed by atoms with Gasteiger partial charge in [-0.05, 0) is 30.7 Å². The second-order valence-electron chi connectivity index (χ2n) is 3.33. The predicted octanol–water partition coefficient (Wildman–Crippen LogP) is 2.13. The zero-order valence-corrected chi connectivity index (χ0v) is 9.65. The van der Waals surface area contributed by atoms with Gasteiger partial charge in [0.1, 0.15) is 5.03 Å². The molecule has 0 saturated heterocycles. The molecule has 0 spiro atoms. The van der Waals surface area contributed by atoms with E-state index >= 15 is 0 Å². The normalized spacial score (nSPS) is 10.3. The van der Waals surface area contributed by atoms with Gasteiger partial charge < -0.3 is 5.73 Å². The van der Waals surface area contributed by atoms with Gasteiger partial charge in [-0.15, -0.1) is 0 Å². The molecule has 0 aliphatic rings. The summed E-state index contributed by atoms with van der Waals surface area (Å²) in [5.74, 6) is 0. The molecule has 0 amide bonds. The molecular weight excluding hydrogens is 218 g/mol. The van der Waals surface area contributed by atoms with Gasteiger partial charge in [0.15, 0.2) is 0 Å². The molecule has 2 rings (SSSR count). The zero-order valence-electron chi connectivity index (χ0n) is 8.84. The van der Waals surface area contributed by atoms with E-state index in [1.54, 1.807) is 30.4 Å². The van der Waals surface area contributed by atoms with Gasteiger partial charge >= 0.3 is 0 Å². The molecule has 0 radical (unpaired) electrons. The van der Waals surface area contributed by atoms with Crippen molar-refractivity contribution in [3.05, 3.63) is 48.4 Å². The minimum atomic E-state index is 0.691. The van der Waals surface area contributed by atoms with E-state index in [9.17, 15) is 0 Å². The Morgan fingerprint density at radius 1 is 1.12 bits per heavy atom. The molecule has 0 aliphatic carbocycles. The molecule has 16 heavy (non-hydrogen) atoms. The maximum absolute atomic E-state index is 5.50. The first-order valence-electron chi connectivity index (χ1n) is 5.11. The molecule has 0 unspecified atom stereocenters. The Labute approximate surface area is 99.1 Å². The average molecular weight is 231 g/mol. The molecule has 2 aromatic rings. The first-order chi connectivity index (χ1) is 7.88. The van der Waals surface area contributed by atoms with Crippen molar-refractivity contribution in [1.82, 2.24) is 9.97 Å². The number of nitrogens with two attached hydrogens (primary N) is 1. The standard InChI is InChI=1S/C12H13N3S/c13-6-5-10-1-3-11(4-2-10)16-12-9-14-7-8-15-12/h1-4,7-9H,5-6,13H2. The monoisotopic (exact) mass is 231 g/mol. The van der Waals surface area contributed by atoms with E-state index in [0.29, 0.717) is 6.54 Å². The summed E-state index contributed by atoms with van der Waals surface area (Å²) >= 11 is 1.61. The van der Waals surface area contributed by atoms with Gasteiger partial charge in [-0.2, -0.15) is 0 Å². The number of nitrogens with zero attached hydrogens (tertiary/aromatic N) is 2. The molecule has 0 bridgehead atoms. The summed E-state index contributed by atoms with van der Waals surface area (Å²) in [6, 6.07) is 8.38. The fraction of sp³-hybridized carbons (Fsp3) is 0.167. The number of hydrogen-bond acceptors (Lipinski definition) is 4. The third-order valence-electron chi connectivity index (χ3n) is 2.12. The highest BCUT2D eigenvalue weighted by atomic mass is 32.2. The van der Waals surface area contributed by atoms with Gasteiger partial charge in [0.25, 0.3) is 0 Å². The topological polar surface area (TPSA) is 51.8 Å². The van der Waals surface area contributed by atoms with Gasteiger partial charge in [0, 0.05) is 17.3 Å². The lowest BCUT2D eigenvalue weighted by Crippen LogP contribution is -2.02. The molecule has 0 atom stereocenters. The molecule has 2 N–H and O–H groups in total. The van der Waals surface area contributed by atoms with Crippen LogP contribution in [0.5, 0.6) is 0 Å². The third-order valence-corrected chi connectivity index (χ3v) is 3.05. The highest BCUT2D eigenvalue weighted by molar-refractivity contribution is 7.99. The summed E-state index contributed by atoms with van der Waals surface area (Å²) in [4.78, 5) is 9.41. The van der Waals surface area contributed by atoms with Crippen molar-refractivity contribution in [2.75, 3.05) is 6.54 Å². The minimum Gasteiger partial charge on any atom is -0.330 e. The van der Waals surface area contributed by atoms with Crippen molar-refractivity contribution in [3.8, 4) is 0 Å². The Kier molecular flexibility index (Phi) is 3.91. The van der Waals surface area contributed by atoms with Crippen LogP contribution in [0, 0.1) is 0 Å². The average Bonchev–Trinajstić information content (AvgIpc) is 2.33. The Balaban J connectivity index is 2.05. The summed E-state index contributed by atoms with van der Waals surface area (Å²) < 4.78 is 0. The van der Waals surface area contributed by atoms with Crippen molar-refractivity contribution < 1.29 is 0 Å². The molecule has 3 nitrogen and oxygen atoms in total. The van der Waals surface area contributed by atoms with Crippen molar-refractivity contribution >= 4 is 11.8 Å². The van der Waals surface area contributed by atoms with Gasteiger partial charge in [-0.25, -0.2) is 4.98 Å². The first-order valence-corrected chi connectivity index (χ1v) is 5.93. The smallest absolute Gasteiger partial charge is 0.119 e. The summed E-state index contributed by atoms with van der Waals surface area (Å²) in [6.45, 7) is 0.691.